The molecule has 0 unspecified atom stereocenters. The Morgan fingerprint density at radius 3 is 2.40 bits per heavy atom. The molecule has 0 aliphatic rings. The molecule has 1 rings (SSSR count). The quantitative estimate of drug-likeness (QED) is 0.802. The van der Waals surface area contributed by atoms with Gasteiger partial charge in [0.25, 0.3) is 0 Å². The van der Waals surface area contributed by atoms with Gasteiger partial charge in [-0.05, 0) is 22.6 Å². The average molecular weight is 204 g/mol. The summed E-state index contributed by atoms with van der Waals surface area (Å²) in [6.45, 7) is 9.91. The summed E-state index contributed by atoms with van der Waals surface area (Å²) in [5.74, 6) is -0.912. The molecular weight excluding hydrogens is 188 g/mol. The van der Waals surface area contributed by atoms with Gasteiger partial charge in [-0.2, -0.15) is 0 Å². The minimum Gasteiger partial charge on any atom is -0.478 e. The number of rotatable bonds is 2. The molecule has 0 amide bonds. The maximum absolute atomic E-state index is 10.9. The topological polar surface area (TPSA) is 37.3 Å². The first kappa shape index (κ1) is 11.5. The SMILES string of the molecule is C=Cc1cc(C(C)(C)C)ccc1C(=O)O. The summed E-state index contributed by atoms with van der Waals surface area (Å²) in [5, 5.41) is 8.94. The first-order valence-corrected chi connectivity index (χ1v) is 4.86. The summed E-state index contributed by atoms with van der Waals surface area (Å²) >= 11 is 0. The van der Waals surface area contributed by atoms with Gasteiger partial charge >= 0.3 is 5.97 Å². The Labute approximate surface area is 90.3 Å². The van der Waals surface area contributed by atoms with Crippen LogP contribution in [0.1, 0.15) is 42.3 Å². The van der Waals surface area contributed by atoms with E-state index in [-0.39, 0.29) is 5.41 Å². The van der Waals surface area contributed by atoms with Crippen molar-refractivity contribution in [2.45, 2.75) is 26.2 Å². The Morgan fingerprint density at radius 1 is 1.40 bits per heavy atom. The maximum atomic E-state index is 10.9. The van der Waals surface area contributed by atoms with Crippen molar-refractivity contribution in [1.29, 1.82) is 0 Å². The molecule has 15 heavy (non-hydrogen) atoms. The number of aromatic carboxylic acids is 1. The third-order valence-electron chi connectivity index (χ3n) is 2.37. The van der Waals surface area contributed by atoms with E-state index in [2.05, 4.69) is 27.4 Å². The molecule has 0 heterocycles. The highest BCUT2D eigenvalue weighted by atomic mass is 16.4. The molecule has 0 saturated carbocycles. The van der Waals surface area contributed by atoms with Crippen molar-refractivity contribution in [2.75, 3.05) is 0 Å². The predicted octanol–water partition coefficient (Wildman–Crippen LogP) is 3.33. The van der Waals surface area contributed by atoms with Crippen LogP contribution in [0.4, 0.5) is 0 Å². The fourth-order valence-corrected chi connectivity index (χ4v) is 1.39. The van der Waals surface area contributed by atoms with Gasteiger partial charge in [-0.3, -0.25) is 0 Å². The van der Waals surface area contributed by atoms with Gasteiger partial charge in [0.15, 0.2) is 0 Å². The van der Waals surface area contributed by atoms with E-state index in [0.717, 1.165) is 5.56 Å². The molecule has 0 aromatic heterocycles. The number of hydrogen-bond donors (Lipinski definition) is 1. The lowest BCUT2D eigenvalue weighted by atomic mass is 9.85. The van der Waals surface area contributed by atoms with Crippen LogP contribution >= 0.6 is 0 Å². The van der Waals surface area contributed by atoms with E-state index in [1.807, 2.05) is 12.1 Å². The van der Waals surface area contributed by atoms with E-state index in [9.17, 15) is 4.79 Å². The first-order chi connectivity index (χ1) is 6.86. The first-order valence-electron chi connectivity index (χ1n) is 4.86. The van der Waals surface area contributed by atoms with Crippen molar-refractivity contribution in [3.05, 3.63) is 41.5 Å². The molecule has 80 valence electrons. The molecule has 0 aliphatic carbocycles. The third-order valence-corrected chi connectivity index (χ3v) is 2.37. The Morgan fingerprint density at radius 2 is 2.00 bits per heavy atom. The van der Waals surface area contributed by atoms with Crippen LogP contribution < -0.4 is 0 Å². The maximum Gasteiger partial charge on any atom is 0.336 e. The number of carboxylic acids is 1. The summed E-state index contributed by atoms with van der Waals surface area (Å²) in [5.41, 5.74) is 2.12. The molecule has 2 heteroatoms. The van der Waals surface area contributed by atoms with Gasteiger partial charge in [-0.1, -0.05) is 45.6 Å². The number of benzene rings is 1. The highest BCUT2D eigenvalue weighted by Crippen LogP contribution is 2.25. The molecule has 0 fully saturated rings. The monoisotopic (exact) mass is 204 g/mol. The Bertz CT molecular complexity index is 397. The molecule has 2 nitrogen and oxygen atoms in total. The lowest BCUT2D eigenvalue weighted by Crippen LogP contribution is -2.12. The number of hydrogen-bond acceptors (Lipinski definition) is 1. The molecule has 0 aliphatic heterocycles. The Hall–Kier alpha value is -1.57. The van der Waals surface area contributed by atoms with E-state index in [1.54, 1.807) is 12.1 Å². The summed E-state index contributed by atoms with van der Waals surface area (Å²) in [6.07, 6.45) is 1.58. The summed E-state index contributed by atoms with van der Waals surface area (Å²) in [4.78, 5) is 10.9. The van der Waals surface area contributed by atoms with Crippen molar-refractivity contribution in [2.24, 2.45) is 0 Å². The van der Waals surface area contributed by atoms with Crippen LogP contribution in [0.25, 0.3) is 6.08 Å². The minimum atomic E-state index is -0.912. The summed E-state index contributed by atoms with van der Waals surface area (Å²) in [6, 6.07) is 5.38. The second-order valence-corrected chi connectivity index (χ2v) is 4.56. The van der Waals surface area contributed by atoms with Gasteiger partial charge in [0, 0.05) is 0 Å². The molecule has 0 atom stereocenters. The Kier molecular flexibility index (Phi) is 2.98. The molecule has 1 aromatic carbocycles. The van der Waals surface area contributed by atoms with Crippen molar-refractivity contribution in [3.63, 3.8) is 0 Å². The van der Waals surface area contributed by atoms with Gasteiger partial charge in [-0.15, -0.1) is 0 Å². The lowest BCUT2D eigenvalue weighted by molar-refractivity contribution is 0.0696. The van der Waals surface area contributed by atoms with E-state index in [4.69, 9.17) is 5.11 Å². The van der Waals surface area contributed by atoms with Gasteiger partial charge in [0.05, 0.1) is 5.56 Å². The molecule has 0 spiro atoms. The van der Waals surface area contributed by atoms with E-state index >= 15 is 0 Å². The lowest BCUT2D eigenvalue weighted by Gasteiger charge is -2.20. The average Bonchev–Trinajstić information content (AvgIpc) is 2.15. The third kappa shape index (κ3) is 2.46. The van der Waals surface area contributed by atoms with Crippen LogP contribution in [-0.4, -0.2) is 11.1 Å². The zero-order chi connectivity index (χ0) is 11.6. The number of carbonyl (C=O) groups is 1. The number of carboxylic acid groups (broad SMARTS) is 1. The second kappa shape index (κ2) is 3.89. The molecule has 0 saturated heterocycles. The molecule has 1 N–H and O–H groups in total. The summed E-state index contributed by atoms with van der Waals surface area (Å²) in [7, 11) is 0. The standard InChI is InChI=1S/C13H16O2/c1-5-9-8-10(13(2,3)4)6-7-11(9)12(14)15/h5-8H,1H2,2-4H3,(H,14,15). The zero-order valence-electron chi connectivity index (χ0n) is 9.37. The van der Waals surface area contributed by atoms with Gasteiger partial charge < -0.3 is 5.11 Å². The van der Waals surface area contributed by atoms with Gasteiger partial charge in [0.1, 0.15) is 0 Å². The van der Waals surface area contributed by atoms with Crippen LogP contribution in [0.15, 0.2) is 24.8 Å². The van der Waals surface area contributed by atoms with Crippen LogP contribution in [0, 0.1) is 0 Å². The van der Waals surface area contributed by atoms with E-state index in [1.165, 1.54) is 0 Å². The smallest absolute Gasteiger partial charge is 0.336 e. The van der Waals surface area contributed by atoms with Crippen LogP contribution in [0.2, 0.25) is 0 Å². The highest BCUT2D eigenvalue weighted by molar-refractivity contribution is 5.92. The predicted molar refractivity (Wildman–Crippen MR) is 62.2 cm³/mol. The van der Waals surface area contributed by atoms with Crippen molar-refractivity contribution >= 4 is 12.0 Å². The fraction of sp³-hybridized carbons (Fsp3) is 0.308. The van der Waals surface area contributed by atoms with Gasteiger partial charge in [-0.25, -0.2) is 4.79 Å². The fourth-order valence-electron chi connectivity index (χ4n) is 1.39. The normalized spacial score (nSPS) is 11.1. The molecule has 0 radical (unpaired) electrons. The van der Waals surface area contributed by atoms with Crippen LogP contribution in [0.3, 0.4) is 0 Å². The van der Waals surface area contributed by atoms with E-state index in [0.29, 0.717) is 11.1 Å². The zero-order valence-corrected chi connectivity index (χ0v) is 9.37. The summed E-state index contributed by atoms with van der Waals surface area (Å²) < 4.78 is 0. The largest absolute Gasteiger partial charge is 0.478 e. The molecule has 1 aromatic rings. The van der Waals surface area contributed by atoms with Crippen molar-refractivity contribution in [3.8, 4) is 0 Å². The highest BCUT2D eigenvalue weighted by Gasteiger charge is 2.16. The van der Waals surface area contributed by atoms with Crippen molar-refractivity contribution < 1.29 is 9.90 Å². The Balaban J connectivity index is 3.31. The van der Waals surface area contributed by atoms with Crippen LogP contribution in [-0.2, 0) is 5.41 Å². The van der Waals surface area contributed by atoms with Crippen molar-refractivity contribution in [1.82, 2.24) is 0 Å². The van der Waals surface area contributed by atoms with Gasteiger partial charge in [0.2, 0.25) is 0 Å². The van der Waals surface area contributed by atoms with Crippen LogP contribution in [0.5, 0.6) is 0 Å². The minimum absolute atomic E-state index is 0.0226. The molecular formula is C13H16O2. The molecule has 0 bridgehead atoms. The second-order valence-electron chi connectivity index (χ2n) is 4.56. The van der Waals surface area contributed by atoms with E-state index < -0.39 is 5.97 Å².